The zero-order valence-corrected chi connectivity index (χ0v) is 32.5. The second-order valence-electron chi connectivity index (χ2n) is 13.3. The van der Waals surface area contributed by atoms with Gasteiger partial charge < -0.3 is 43.7 Å². The van der Waals surface area contributed by atoms with Crippen LogP contribution in [0.5, 0.6) is 46.0 Å². The molecule has 0 spiro atoms. The molecule has 0 fully saturated rings. The van der Waals surface area contributed by atoms with Crippen molar-refractivity contribution in [3.05, 3.63) is 90.0 Å². The van der Waals surface area contributed by atoms with Gasteiger partial charge in [-0.15, -0.1) is 0 Å². The first kappa shape index (κ1) is 40.9. The number of aromatic carboxylic acids is 1. The van der Waals surface area contributed by atoms with Gasteiger partial charge in [0.05, 0.1) is 29.9 Å². The van der Waals surface area contributed by atoms with Gasteiger partial charge in [0.15, 0.2) is 47.1 Å². The van der Waals surface area contributed by atoms with Gasteiger partial charge in [0, 0.05) is 24.3 Å². The lowest BCUT2D eigenvalue weighted by atomic mass is 9.96. The molecule has 2 heterocycles. The van der Waals surface area contributed by atoms with Gasteiger partial charge in [0.25, 0.3) is 0 Å². The van der Waals surface area contributed by atoms with Crippen LogP contribution in [0.4, 0.5) is 0 Å². The molecule has 294 valence electrons. The van der Waals surface area contributed by atoms with Crippen LogP contribution in [0.1, 0.15) is 116 Å². The van der Waals surface area contributed by atoms with Crippen molar-refractivity contribution in [2.24, 2.45) is 0 Å². The number of hydrogen-bond acceptors (Lipinski definition) is 13. The minimum absolute atomic E-state index is 0.0243. The van der Waals surface area contributed by atoms with Crippen molar-refractivity contribution in [3.63, 3.8) is 0 Å². The number of phenolic OH excluding ortho intramolecular Hbond substituents is 1. The Balaban J connectivity index is 0.000000215. The van der Waals surface area contributed by atoms with E-state index in [1.54, 1.807) is 13.0 Å². The monoisotopic (exact) mass is 770 g/mol. The predicted octanol–water partition coefficient (Wildman–Crippen LogP) is 7.99. The average molecular weight is 771 g/mol. The molecule has 2 aliphatic rings. The third-order valence-electron chi connectivity index (χ3n) is 9.89. The van der Waals surface area contributed by atoms with Crippen LogP contribution in [0, 0.1) is 48.5 Å². The summed E-state index contributed by atoms with van der Waals surface area (Å²) in [6.45, 7) is 16.9. The Labute approximate surface area is 322 Å². The SMILES string of the molecule is CCOCc1c(C)c(C)c(C)c2c1OC(=O)c1c(C)cc(C)c(C=O)c1O2.CCOCc1c(O)c(C(=O)O)c(C)c2c1OC(=O)c1c(C)cc(O)c(C=O)c1O2. The van der Waals surface area contributed by atoms with Crippen LogP contribution in [-0.2, 0) is 22.7 Å². The van der Waals surface area contributed by atoms with Gasteiger partial charge >= 0.3 is 17.9 Å². The number of carboxylic acid groups (broad SMARTS) is 1. The van der Waals surface area contributed by atoms with Crippen LogP contribution in [0.25, 0.3) is 0 Å². The second kappa shape index (κ2) is 16.2. The molecule has 0 atom stereocenters. The number of ether oxygens (including phenoxy) is 6. The molecule has 0 aliphatic carbocycles. The molecule has 0 bridgehead atoms. The Hall–Kier alpha value is -6.25. The molecule has 0 radical (unpaired) electrons. The third-order valence-corrected chi connectivity index (χ3v) is 9.89. The number of aryl methyl sites for hydroxylation is 3. The zero-order valence-electron chi connectivity index (χ0n) is 32.5. The normalized spacial score (nSPS) is 12.4. The Bertz CT molecular complexity index is 2340. The summed E-state index contributed by atoms with van der Waals surface area (Å²) in [7, 11) is 0. The summed E-state index contributed by atoms with van der Waals surface area (Å²) in [6, 6.07) is 3.02. The van der Waals surface area contributed by atoms with Gasteiger partial charge in [-0.3, -0.25) is 9.59 Å². The summed E-state index contributed by atoms with van der Waals surface area (Å²) in [5, 5.41) is 30.1. The molecule has 0 amide bonds. The molecule has 0 saturated heterocycles. The first-order chi connectivity index (χ1) is 26.5. The highest BCUT2D eigenvalue weighted by atomic mass is 16.6. The number of aromatic hydroxyl groups is 2. The van der Waals surface area contributed by atoms with Crippen LogP contribution in [0.3, 0.4) is 0 Å². The fraction of sp³-hybridized carbons (Fsp3) is 0.310. The zero-order chi connectivity index (χ0) is 41.3. The number of hydrogen-bond donors (Lipinski definition) is 3. The number of fused-ring (bicyclic) bond motifs is 4. The van der Waals surface area contributed by atoms with Gasteiger partial charge in [-0.05, 0) is 102 Å². The van der Waals surface area contributed by atoms with Gasteiger partial charge in [-0.25, -0.2) is 14.4 Å². The van der Waals surface area contributed by atoms with Crippen LogP contribution in [0.2, 0.25) is 0 Å². The van der Waals surface area contributed by atoms with Crippen molar-refractivity contribution in [3.8, 4) is 46.0 Å². The van der Waals surface area contributed by atoms with Crippen LogP contribution in [-0.4, -0.2) is 59.0 Å². The van der Waals surface area contributed by atoms with E-state index >= 15 is 0 Å². The van der Waals surface area contributed by atoms with Gasteiger partial charge in [-0.1, -0.05) is 6.07 Å². The number of carbonyl (C=O) groups is 5. The van der Waals surface area contributed by atoms with Crippen molar-refractivity contribution in [1.29, 1.82) is 0 Å². The van der Waals surface area contributed by atoms with Crippen molar-refractivity contribution in [2.75, 3.05) is 13.2 Å². The number of aldehydes is 2. The van der Waals surface area contributed by atoms with E-state index in [1.807, 2.05) is 41.5 Å². The van der Waals surface area contributed by atoms with E-state index in [0.29, 0.717) is 42.1 Å². The highest BCUT2D eigenvalue weighted by molar-refractivity contribution is 6.03. The predicted molar refractivity (Wildman–Crippen MR) is 201 cm³/mol. The second-order valence-corrected chi connectivity index (χ2v) is 13.3. The Morgan fingerprint density at radius 3 is 1.61 bits per heavy atom. The summed E-state index contributed by atoms with van der Waals surface area (Å²) in [6.07, 6.45) is 1.05. The highest BCUT2D eigenvalue weighted by Crippen LogP contribution is 2.51. The Morgan fingerprint density at radius 1 is 0.607 bits per heavy atom. The molecule has 4 aromatic carbocycles. The molecule has 14 heteroatoms. The molecule has 6 rings (SSSR count). The van der Waals surface area contributed by atoms with E-state index in [0.717, 1.165) is 34.1 Å². The largest absolute Gasteiger partial charge is 0.507 e. The molecule has 2 aliphatic heterocycles. The number of esters is 2. The third kappa shape index (κ3) is 7.04. The lowest BCUT2D eigenvalue weighted by Crippen LogP contribution is -2.12. The van der Waals surface area contributed by atoms with Crippen molar-refractivity contribution < 1.29 is 67.7 Å². The molecular formula is C42H42O14. The number of carboxylic acids is 1. The van der Waals surface area contributed by atoms with E-state index in [2.05, 4.69) is 0 Å². The topological polar surface area (TPSA) is 201 Å². The minimum atomic E-state index is -1.43. The van der Waals surface area contributed by atoms with Crippen LogP contribution < -0.4 is 18.9 Å². The summed E-state index contributed by atoms with van der Waals surface area (Å²) in [5.74, 6) is -3.39. The maximum atomic E-state index is 12.9. The van der Waals surface area contributed by atoms with E-state index in [1.165, 1.54) is 19.9 Å². The van der Waals surface area contributed by atoms with Crippen molar-refractivity contribution in [1.82, 2.24) is 0 Å². The number of rotatable bonds is 9. The lowest BCUT2D eigenvalue weighted by Gasteiger charge is -2.20. The molecular weight excluding hydrogens is 728 g/mol. The lowest BCUT2D eigenvalue weighted by molar-refractivity contribution is 0.0688. The molecule has 4 aromatic rings. The van der Waals surface area contributed by atoms with Gasteiger partial charge in [0.1, 0.15) is 28.2 Å². The highest BCUT2D eigenvalue weighted by Gasteiger charge is 2.36. The number of carbonyl (C=O) groups excluding carboxylic acids is 4. The maximum absolute atomic E-state index is 12.9. The Morgan fingerprint density at radius 2 is 1.09 bits per heavy atom. The average Bonchev–Trinajstić information content (AvgIpc) is 3.39. The molecule has 56 heavy (non-hydrogen) atoms. The summed E-state index contributed by atoms with van der Waals surface area (Å²) < 4.78 is 34.1. The number of benzene rings is 4. The standard InChI is InChI=1S/C22H24O5.C20H18O9/c1-7-25-10-17-14(5)13(4)15(6)19-21(17)27-22(24)18-12(3)8-11(2)16(9-23)20(18)26-19;1-4-27-7-11-15(23)14(19(24)25)9(3)16-18(11)29-20(26)13-8(2)5-12(22)10(6-21)17(13)28-16/h8-9H,7,10H2,1-6H3;5-6,22-23H,4,7H2,1-3H3,(H,24,25). The quantitative estimate of drug-likeness (QED) is 0.0839. The molecule has 3 N–H and O–H groups in total. The van der Waals surface area contributed by atoms with Crippen molar-refractivity contribution >= 4 is 30.5 Å². The summed E-state index contributed by atoms with van der Waals surface area (Å²) in [4.78, 5) is 60.7. The van der Waals surface area contributed by atoms with E-state index in [-0.39, 0.29) is 69.6 Å². The van der Waals surface area contributed by atoms with E-state index in [9.17, 15) is 39.3 Å². The van der Waals surface area contributed by atoms with E-state index in [4.69, 9.17) is 28.4 Å². The summed E-state index contributed by atoms with van der Waals surface area (Å²) in [5.41, 5.74) is 5.17. The van der Waals surface area contributed by atoms with Gasteiger partial charge in [0.2, 0.25) is 0 Å². The molecule has 0 aromatic heterocycles. The summed E-state index contributed by atoms with van der Waals surface area (Å²) >= 11 is 0. The van der Waals surface area contributed by atoms with Crippen molar-refractivity contribution in [2.45, 2.75) is 75.5 Å². The fourth-order valence-electron chi connectivity index (χ4n) is 6.68. The molecule has 14 nitrogen and oxygen atoms in total. The molecule has 0 saturated carbocycles. The van der Waals surface area contributed by atoms with Gasteiger partial charge in [-0.2, -0.15) is 0 Å². The Kier molecular flexibility index (Phi) is 11.9. The fourth-order valence-corrected chi connectivity index (χ4v) is 6.68. The minimum Gasteiger partial charge on any atom is -0.507 e. The first-order valence-electron chi connectivity index (χ1n) is 17.6. The smallest absolute Gasteiger partial charge is 0.347 e. The number of phenols is 2. The van der Waals surface area contributed by atoms with Crippen LogP contribution in [0.15, 0.2) is 12.1 Å². The maximum Gasteiger partial charge on any atom is 0.347 e. The van der Waals surface area contributed by atoms with E-state index < -0.39 is 35.0 Å². The first-order valence-corrected chi connectivity index (χ1v) is 17.6. The van der Waals surface area contributed by atoms with Crippen LogP contribution >= 0.6 is 0 Å². The molecule has 0 unspecified atom stereocenters.